The molecule has 22 heavy (non-hydrogen) atoms. The van der Waals surface area contributed by atoms with Crippen molar-refractivity contribution in [3.63, 3.8) is 0 Å². The van der Waals surface area contributed by atoms with Gasteiger partial charge in [0.25, 0.3) is 5.91 Å². The number of aliphatic carboxylic acids is 1. The number of carbonyl (C=O) groups is 2. The first-order chi connectivity index (χ1) is 10.6. The number of rotatable bonds is 6. The van der Waals surface area contributed by atoms with Crippen molar-refractivity contribution in [3.05, 3.63) is 35.7 Å². The number of aromatic nitrogens is 1. The summed E-state index contributed by atoms with van der Waals surface area (Å²) in [5.41, 5.74) is 2.11. The van der Waals surface area contributed by atoms with Crippen LogP contribution in [0.5, 0.6) is 0 Å². The summed E-state index contributed by atoms with van der Waals surface area (Å²) in [6.45, 7) is 0.382. The van der Waals surface area contributed by atoms with E-state index in [4.69, 9.17) is 5.21 Å². The van der Waals surface area contributed by atoms with Gasteiger partial charge >= 0.3 is 5.97 Å². The third kappa shape index (κ3) is 3.90. The highest BCUT2D eigenvalue weighted by atomic mass is 16.5. The molecule has 0 bridgehead atoms. The molecular formula is C15H19N3O4. The van der Waals surface area contributed by atoms with Crippen molar-refractivity contribution in [2.24, 2.45) is 0 Å². The second-order valence-electron chi connectivity index (χ2n) is 5.34. The molecule has 1 aliphatic rings. The maximum Gasteiger partial charge on any atom is 0.323 e. The van der Waals surface area contributed by atoms with Crippen LogP contribution in [0.15, 0.2) is 24.4 Å². The molecule has 7 heteroatoms. The Kier molecular flexibility index (Phi) is 5.24. The lowest BCUT2D eigenvalue weighted by atomic mass is 9.98. The zero-order valence-corrected chi connectivity index (χ0v) is 12.1. The van der Waals surface area contributed by atoms with Crippen LogP contribution in [-0.2, 0) is 16.1 Å². The zero-order chi connectivity index (χ0) is 16.0. The molecule has 118 valence electrons. The molecule has 1 aromatic heterocycles. The summed E-state index contributed by atoms with van der Waals surface area (Å²) in [5.74, 6) is -1.42. The summed E-state index contributed by atoms with van der Waals surface area (Å²) < 4.78 is 0. The van der Waals surface area contributed by atoms with E-state index in [0.717, 1.165) is 18.5 Å². The molecule has 0 atom stereocenters. The summed E-state index contributed by atoms with van der Waals surface area (Å²) in [4.78, 5) is 26.5. The highest BCUT2D eigenvalue weighted by Crippen LogP contribution is 2.30. The first-order valence-corrected chi connectivity index (χ1v) is 7.11. The fourth-order valence-corrected chi connectivity index (χ4v) is 2.55. The van der Waals surface area contributed by atoms with Gasteiger partial charge in [-0.3, -0.25) is 25.1 Å². The summed E-state index contributed by atoms with van der Waals surface area (Å²) in [6, 6.07) is 3.54. The number of amides is 1. The van der Waals surface area contributed by atoms with Crippen LogP contribution < -0.4 is 10.8 Å². The molecule has 0 radical (unpaired) electrons. The molecule has 2 rings (SSSR count). The Morgan fingerprint density at radius 1 is 1.32 bits per heavy atom. The van der Waals surface area contributed by atoms with Gasteiger partial charge in [0.05, 0.1) is 5.69 Å². The number of carboxylic acids is 1. The van der Waals surface area contributed by atoms with E-state index in [1.165, 1.54) is 17.6 Å². The molecule has 0 unspecified atom stereocenters. The molecule has 1 saturated carbocycles. The third-order valence-corrected chi connectivity index (χ3v) is 3.86. The van der Waals surface area contributed by atoms with Gasteiger partial charge in [-0.05, 0) is 30.5 Å². The lowest BCUT2D eigenvalue weighted by molar-refractivity contribution is -0.144. The Balaban J connectivity index is 1.95. The van der Waals surface area contributed by atoms with Crippen molar-refractivity contribution in [1.29, 1.82) is 0 Å². The van der Waals surface area contributed by atoms with E-state index in [9.17, 15) is 14.7 Å². The fourth-order valence-electron chi connectivity index (χ4n) is 2.55. The second-order valence-corrected chi connectivity index (χ2v) is 5.34. The number of nitrogens with one attached hydrogen (secondary N) is 2. The Morgan fingerprint density at radius 3 is 2.59 bits per heavy atom. The zero-order valence-electron chi connectivity index (χ0n) is 12.1. The number of carbonyl (C=O) groups excluding carboxylic acids is 1. The van der Waals surface area contributed by atoms with Gasteiger partial charge in [0.15, 0.2) is 0 Å². The van der Waals surface area contributed by atoms with Crippen LogP contribution in [0.25, 0.3) is 6.08 Å². The summed E-state index contributed by atoms with van der Waals surface area (Å²) in [7, 11) is 0. The van der Waals surface area contributed by atoms with Crippen LogP contribution in [0.4, 0.5) is 0 Å². The van der Waals surface area contributed by atoms with Crippen molar-refractivity contribution in [2.45, 2.75) is 37.8 Å². The Morgan fingerprint density at radius 2 is 2.05 bits per heavy atom. The average Bonchev–Trinajstić information content (AvgIpc) is 3.02. The molecule has 1 amide bonds. The molecule has 0 saturated heterocycles. The highest BCUT2D eigenvalue weighted by molar-refractivity contribution is 5.90. The number of pyridine rings is 1. The second kappa shape index (κ2) is 7.15. The molecule has 1 heterocycles. The van der Waals surface area contributed by atoms with Gasteiger partial charge in [-0.1, -0.05) is 18.9 Å². The average molecular weight is 305 g/mol. The predicted molar refractivity (Wildman–Crippen MR) is 78.9 cm³/mol. The van der Waals surface area contributed by atoms with Crippen LogP contribution in [0.1, 0.15) is 36.9 Å². The molecule has 0 spiro atoms. The van der Waals surface area contributed by atoms with Gasteiger partial charge in [-0.2, -0.15) is 0 Å². The van der Waals surface area contributed by atoms with Crippen molar-refractivity contribution in [3.8, 4) is 0 Å². The molecular weight excluding hydrogens is 286 g/mol. The molecule has 1 aromatic rings. The van der Waals surface area contributed by atoms with Crippen molar-refractivity contribution in [2.75, 3.05) is 0 Å². The van der Waals surface area contributed by atoms with E-state index >= 15 is 0 Å². The quantitative estimate of drug-likeness (QED) is 0.355. The van der Waals surface area contributed by atoms with Gasteiger partial charge < -0.3 is 5.11 Å². The molecule has 7 nitrogen and oxygen atoms in total. The number of hydrogen-bond acceptors (Lipinski definition) is 5. The third-order valence-electron chi connectivity index (χ3n) is 3.86. The Labute approximate surface area is 128 Å². The molecule has 1 fully saturated rings. The van der Waals surface area contributed by atoms with E-state index in [0.29, 0.717) is 24.9 Å². The Bertz CT molecular complexity index is 563. The monoisotopic (exact) mass is 305 g/mol. The lowest BCUT2D eigenvalue weighted by Gasteiger charge is -2.25. The smallest absolute Gasteiger partial charge is 0.323 e. The SMILES string of the molecule is O=C(C=Cc1ccc(CNC2(C(=O)O)CCCC2)nc1)NO. The predicted octanol–water partition coefficient (Wildman–Crippen LogP) is 1.09. The Hall–Kier alpha value is -2.25. The summed E-state index contributed by atoms with van der Waals surface area (Å²) in [6.07, 6.45) is 7.41. The topological polar surface area (TPSA) is 112 Å². The molecule has 1 aliphatic carbocycles. The summed E-state index contributed by atoms with van der Waals surface area (Å²) in [5, 5.41) is 20.9. The van der Waals surface area contributed by atoms with Crippen LogP contribution in [-0.4, -0.2) is 32.7 Å². The molecule has 4 N–H and O–H groups in total. The number of nitrogens with zero attached hydrogens (tertiary/aromatic N) is 1. The van der Waals surface area contributed by atoms with Crippen LogP contribution in [0.3, 0.4) is 0 Å². The highest BCUT2D eigenvalue weighted by Gasteiger charge is 2.40. The van der Waals surface area contributed by atoms with E-state index in [2.05, 4.69) is 10.3 Å². The minimum absolute atomic E-state index is 0.382. The first-order valence-electron chi connectivity index (χ1n) is 7.11. The number of hydrogen-bond donors (Lipinski definition) is 4. The van der Waals surface area contributed by atoms with E-state index in [-0.39, 0.29) is 0 Å². The molecule has 0 aromatic carbocycles. The normalized spacial score (nSPS) is 16.8. The van der Waals surface area contributed by atoms with Crippen molar-refractivity contribution >= 4 is 18.0 Å². The van der Waals surface area contributed by atoms with E-state index in [1.807, 2.05) is 0 Å². The van der Waals surface area contributed by atoms with Gasteiger partial charge in [-0.25, -0.2) is 5.48 Å². The minimum Gasteiger partial charge on any atom is -0.480 e. The van der Waals surface area contributed by atoms with Crippen LogP contribution in [0.2, 0.25) is 0 Å². The largest absolute Gasteiger partial charge is 0.480 e. The van der Waals surface area contributed by atoms with Crippen molar-refractivity contribution in [1.82, 2.24) is 15.8 Å². The number of carboxylic acid groups (broad SMARTS) is 1. The van der Waals surface area contributed by atoms with Gasteiger partial charge in [0, 0.05) is 18.8 Å². The van der Waals surface area contributed by atoms with E-state index < -0.39 is 17.4 Å². The maximum atomic E-state index is 11.4. The van der Waals surface area contributed by atoms with Crippen molar-refractivity contribution < 1.29 is 19.9 Å². The van der Waals surface area contributed by atoms with Gasteiger partial charge in [0.2, 0.25) is 0 Å². The molecule has 0 aliphatic heterocycles. The van der Waals surface area contributed by atoms with Crippen LogP contribution in [0, 0.1) is 0 Å². The fraction of sp³-hybridized carbons (Fsp3) is 0.400. The van der Waals surface area contributed by atoms with Gasteiger partial charge in [0.1, 0.15) is 5.54 Å². The summed E-state index contributed by atoms with van der Waals surface area (Å²) >= 11 is 0. The maximum absolute atomic E-state index is 11.4. The van der Waals surface area contributed by atoms with Gasteiger partial charge in [-0.15, -0.1) is 0 Å². The van der Waals surface area contributed by atoms with E-state index in [1.54, 1.807) is 18.3 Å². The number of hydroxylamine groups is 1. The lowest BCUT2D eigenvalue weighted by Crippen LogP contribution is -2.49. The van der Waals surface area contributed by atoms with Crippen LogP contribution >= 0.6 is 0 Å². The first kappa shape index (κ1) is 16.1. The standard InChI is InChI=1S/C15H19N3O4/c19-13(18-22)6-4-11-3-5-12(16-9-11)10-17-15(14(20)21)7-1-2-8-15/h3-6,9,17,22H,1-2,7-8,10H2,(H,18,19)(H,20,21). The minimum atomic E-state index is -0.834.